The molecule has 0 saturated carbocycles. The summed E-state index contributed by atoms with van der Waals surface area (Å²) >= 11 is 5.71. The molecule has 0 bridgehead atoms. The first-order valence-corrected chi connectivity index (χ1v) is 6.92. The Morgan fingerprint density at radius 2 is 2.10 bits per heavy atom. The molecule has 1 fully saturated rings. The van der Waals surface area contributed by atoms with E-state index in [1.165, 1.54) is 12.4 Å². The summed E-state index contributed by atoms with van der Waals surface area (Å²) in [7, 11) is 0. The number of hydrogen-bond acceptors (Lipinski definition) is 4. The Kier molecular flexibility index (Phi) is 4.32. The SMILES string of the molecule is CC(C)(C)NC(=O)N1CCC(Oc2ncc(Cl)cn2)C1. The molecule has 0 radical (unpaired) electrons. The number of ether oxygens (including phenoxy) is 1. The second kappa shape index (κ2) is 5.83. The van der Waals surface area contributed by atoms with E-state index in [1.54, 1.807) is 4.90 Å². The van der Waals surface area contributed by atoms with Crippen molar-refractivity contribution in [3.63, 3.8) is 0 Å². The van der Waals surface area contributed by atoms with Crippen molar-refractivity contribution in [1.82, 2.24) is 20.2 Å². The lowest BCUT2D eigenvalue weighted by Gasteiger charge is -2.25. The van der Waals surface area contributed by atoms with Crippen LogP contribution in [0.3, 0.4) is 0 Å². The third kappa shape index (κ3) is 4.23. The Labute approximate surface area is 123 Å². The van der Waals surface area contributed by atoms with Gasteiger partial charge in [0.1, 0.15) is 6.10 Å². The Morgan fingerprint density at radius 1 is 1.45 bits per heavy atom. The van der Waals surface area contributed by atoms with Crippen molar-refractivity contribution in [2.45, 2.75) is 38.8 Å². The van der Waals surface area contributed by atoms with Crippen molar-refractivity contribution in [1.29, 1.82) is 0 Å². The van der Waals surface area contributed by atoms with Gasteiger partial charge in [0.2, 0.25) is 0 Å². The van der Waals surface area contributed by atoms with E-state index in [9.17, 15) is 4.79 Å². The predicted octanol–water partition coefficient (Wildman–Crippen LogP) is 2.09. The largest absolute Gasteiger partial charge is 0.458 e. The quantitative estimate of drug-likeness (QED) is 0.908. The zero-order valence-corrected chi connectivity index (χ0v) is 12.6. The van der Waals surface area contributed by atoms with Crippen LogP contribution in [0.25, 0.3) is 0 Å². The number of carbonyl (C=O) groups excluding carboxylic acids is 1. The number of nitrogens with zero attached hydrogens (tertiary/aromatic N) is 3. The number of rotatable bonds is 2. The third-order valence-corrected chi connectivity index (χ3v) is 2.98. The maximum atomic E-state index is 12.0. The minimum Gasteiger partial charge on any atom is -0.458 e. The average molecular weight is 299 g/mol. The van der Waals surface area contributed by atoms with E-state index in [0.717, 1.165) is 6.42 Å². The Bertz CT molecular complexity index is 472. The number of aromatic nitrogens is 2. The van der Waals surface area contributed by atoms with Crippen LogP contribution in [-0.2, 0) is 0 Å². The van der Waals surface area contributed by atoms with Crippen LogP contribution in [0.15, 0.2) is 12.4 Å². The topological polar surface area (TPSA) is 67.4 Å². The van der Waals surface area contributed by atoms with E-state index in [0.29, 0.717) is 18.1 Å². The third-order valence-electron chi connectivity index (χ3n) is 2.78. The minimum atomic E-state index is -0.241. The van der Waals surface area contributed by atoms with Gasteiger partial charge in [0.25, 0.3) is 0 Å². The number of likely N-dealkylation sites (tertiary alicyclic amines) is 1. The number of urea groups is 1. The van der Waals surface area contributed by atoms with Gasteiger partial charge in [-0.05, 0) is 20.8 Å². The first-order valence-electron chi connectivity index (χ1n) is 6.55. The molecule has 1 aromatic heterocycles. The highest BCUT2D eigenvalue weighted by molar-refractivity contribution is 6.30. The summed E-state index contributed by atoms with van der Waals surface area (Å²) in [6.07, 6.45) is 3.66. The van der Waals surface area contributed by atoms with Gasteiger partial charge in [0, 0.05) is 18.5 Å². The highest BCUT2D eigenvalue weighted by atomic mass is 35.5. The van der Waals surface area contributed by atoms with Crippen LogP contribution in [0.4, 0.5) is 4.79 Å². The molecule has 110 valence electrons. The minimum absolute atomic E-state index is 0.0689. The number of amides is 2. The summed E-state index contributed by atoms with van der Waals surface area (Å²) in [5, 5.41) is 3.40. The monoisotopic (exact) mass is 298 g/mol. The highest BCUT2D eigenvalue weighted by Crippen LogP contribution is 2.16. The Balaban J connectivity index is 1.86. The van der Waals surface area contributed by atoms with Crippen molar-refractivity contribution >= 4 is 17.6 Å². The molecule has 2 rings (SSSR count). The fourth-order valence-electron chi connectivity index (χ4n) is 1.92. The van der Waals surface area contributed by atoms with Gasteiger partial charge < -0.3 is 15.0 Å². The normalized spacial score (nSPS) is 19.0. The first-order chi connectivity index (χ1) is 9.33. The lowest BCUT2D eigenvalue weighted by Crippen LogP contribution is -2.48. The maximum Gasteiger partial charge on any atom is 0.317 e. The molecule has 1 unspecified atom stereocenters. The molecule has 1 saturated heterocycles. The van der Waals surface area contributed by atoms with Crippen molar-refractivity contribution in [3.8, 4) is 6.01 Å². The molecule has 6 nitrogen and oxygen atoms in total. The predicted molar refractivity (Wildman–Crippen MR) is 75.9 cm³/mol. The summed E-state index contributed by atoms with van der Waals surface area (Å²) in [6.45, 7) is 7.07. The Hall–Kier alpha value is -1.56. The zero-order chi connectivity index (χ0) is 14.8. The van der Waals surface area contributed by atoms with Crippen molar-refractivity contribution in [2.75, 3.05) is 13.1 Å². The maximum absolute atomic E-state index is 12.0. The molecule has 0 aliphatic carbocycles. The summed E-state index contributed by atoms with van der Waals surface area (Å²) in [4.78, 5) is 21.7. The summed E-state index contributed by atoms with van der Waals surface area (Å²) in [6, 6.07) is 0.220. The second-order valence-electron chi connectivity index (χ2n) is 5.84. The molecule has 1 aliphatic heterocycles. The molecule has 0 spiro atoms. The van der Waals surface area contributed by atoms with Crippen LogP contribution in [0.1, 0.15) is 27.2 Å². The molecule has 1 aromatic rings. The summed E-state index contributed by atoms with van der Waals surface area (Å²) < 4.78 is 5.64. The van der Waals surface area contributed by atoms with Gasteiger partial charge in [0.05, 0.1) is 24.0 Å². The standard InChI is InChI=1S/C13H19ClN4O2/c1-13(2,3)17-12(19)18-5-4-10(8-18)20-11-15-6-9(14)7-16-11/h6-7,10H,4-5,8H2,1-3H3,(H,17,19). The van der Waals surface area contributed by atoms with Crippen LogP contribution in [0.2, 0.25) is 5.02 Å². The highest BCUT2D eigenvalue weighted by Gasteiger charge is 2.29. The number of halogens is 1. The second-order valence-corrected chi connectivity index (χ2v) is 6.27. The van der Waals surface area contributed by atoms with Gasteiger partial charge in [0.15, 0.2) is 0 Å². The van der Waals surface area contributed by atoms with Gasteiger partial charge in [-0.15, -0.1) is 0 Å². The van der Waals surface area contributed by atoms with Crippen molar-refractivity contribution < 1.29 is 9.53 Å². The fourth-order valence-corrected chi connectivity index (χ4v) is 2.02. The molecule has 0 aromatic carbocycles. The van der Waals surface area contributed by atoms with Crippen LogP contribution >= 0.6 is 11.6 Å². The van der Waals surface area contributed by atoms with Gasteiger partial charge in [-0.1, -0.05) is 11.6 Å². The molecule has 7 heteroatoms. The molecule has 2 heterocycles. The van der Waals surface area contributed by atoms with E-state index in [-0.39, 0.29) is 23.7 Å². The lowest BCUT2D eigenvalue weighted by molar-refractivity contribution is 0.174. The Morgan fingerprint density at radius 3 is 2.70 bits per heavy atom. The van der Waals surface area contributed by atoms with Gasteiger partial charge in [-0.3, -0.25) is 0 Å². The van der Waals surface area contributed by atoms with Crippen LogP contribution in [-0.4, -0.2) is 45.6 Å². The first kappa shape index (κ1) is 14.8. The van der Waals surface area contributed by atoms with Crippen LogP contribution in [0.5, 0.6) is 6.01 Å². The molecule has 1 N–H and O–H groups in total. The summed E-state index contributed by atoms with van der Waals surface area (Å²) in [5.74, 6) is 0. The lowest BCUT2D eigenvalue weighted by atomic mass is 10.1. The number of nitrogens with one attached hydrogen (secondary N) is 1. The average Bonchev–Trinajstić information content (AvgIpc) is 2.79. The van der Waals surface area contributed by atoms with E-state index < -0.39 is 0 Å². The zero-order valence-electron chi connectivity index (χ0n) is 11.9. The van der Waals surface area contributed by atoms with Gasteiger partial charge in [-0.25, -0.2) is 14.8 Å². The van der Waals surface area contributed by atoms with E-state index in [2.05, 4.69) is 15.3 Å². The molecule has 20 heavy (non-hydrogen) atoms. The molecular weight excluding hydrogens is 280 g/mol. The molecule has 1 aliphatic rings. The van der Waals surface area contributed by atoms with E-state index >= 15 is 0 Å². The van der Waals surface area contributed by atoms with E-state index in [4.69, 9.17) is 16.3 Å². The summed E-state index contributed by atoms with van der Waals surface area (Å²) in [5.41, 5.74) is -0.241. The van der Waals surface area contributed by atoms with Gasteiger partial charge in [-0.2, -0.15) is 0 Å². The number of carbonyl (C=O) groups is 1. The van der Waals surface area contributed by atoms with Crippen LogP contribution < -0.4 is 10.1 Å². The smallest absolute Gasteiger partial charge is 0.317 e. The van der Waals surface area contributed by atoms with Crippen molar-refractivity contribution in [3.05, 3.63) is 17.4 Å². The molecule has 1 atom stereocenters. The fraction of sp³-hybridized carbons (Fsp3) is 0.615. The van der Waals surface area contributed by atoms with E-state index in [1.807, 2.05) is 20.8 Å². The van der Waals surface area contributed by atoms with Gasteiger partial charge >= 0.3 is 12.0 Å². The number of hydrogen-bond donors (Lipinski definition) is 1. The van der Waals surface area contributed by atoms with Crippen molar-refractivity contribution in [2.24, 2.45) is 0 Å². The molecule has 2 amide bonds. The van der Waals surface area contributed by atoms with Crippen LogP contribution in [0, 0.1) is 0 Å². The molecular formula is C13H19ClN4O2.